The molecule has 0 aliphatic carbocycles. The standard InChI is InChI=1S/C30H55NO4/c1-2-3-4-9-14-20-27(31(32)33)21-19-26-30-34-28-22-15-10-5-6-11-16-23-29(35-30)25-18-13-8-7-12-17-24-28/h27-29H,1-26H2. The van der Waals surface area contributed by atoms with Gasteiger partial charge < -0.3 is 9.47 Å². The molecule has 35 heavy (non-hydrogen) atoms. The molecule has 2 radical (unpaired) electrons. The minimum Gasteiger partial charge on any atom is -0.342 e. The number of nitro groups is 1. The van der Waals surface area contributed by atoms with E-state index in [4.69, 9.17) is 9.47 Å². The first-order chi connectivity index (χ1) is 17.2. The fourth-order valence-electron chi connectivity index (χ4n) is 5.69. The van der Waals surface area contributed by atoms with E-state index in [0.717, 1.165) is 70.5 Å². The summed E-state index contributed by atoms with van der Waals surface area (Å²) in [6, 6.07) is -0.439. The van der Waals surface area contributed by atoms with Crippen LogP contribution in [0.15, 0.2) is 0 Å². The van der Waals surface area contributed by atoms with Crippen molar-refractivity contribution in [2.75, 3.05) is 0 Å². The molecule has 0 aromatic heterocycles. The first-order valence-corrected chi connectivity index (χ1v) is 15.3. The van der Waals surface area contributed by atoms with Gasteiger partial charge in [0.1, 0.15) is 0 Å². The van der Waals surface area contributed by atoms with Crippen molar-refractivity contribution in [3.05, 3.63) is 23.3 Å². The fourth-order valence-corrected chi connectivity index (χ4v) is 5.69. The molecule has 2 rings (SSSR count). The smallest absolute Gasteiger partial charge is 0.224 e. The van der Waals surface area contributed by atoms with Crippen LogP contribution >= 0.6 is 0 Å². The van der Waals surface area contributed by atoms with Gasteiger partial charge in [-0.1, -0.05) is 110 Å². The van der Waals surface area contributed by atoms with E-state index < -0.39 is 6.04 Å². The quantitative estimate of drug-likeness (QED) is 0.163. The second kappa shape index (κ2) is 20.4. The summed E-state index contributed by atoms with van der Waals surface area (Å²) in [6.07, 6.45) is 29.3. The monoisotopic (exact) mass is 493 g/mol. The molecule has 2 saturated heterocycles. The highest BCUT2D eigenvalue weighted by atomic mass is 16.7. The van der Waals surface area contributed by atoms with Crippen LogP contribution in [0.25, 0.3) is 0 Å². The number of rotatable bonds is 11. The van der Waals surface area contributed by atoms with Gasteiger partial charge in [-0.05, 0) is 38.5 Å². The lowest BCUT2D eigenvalue weighted by Gasteiger charge is -2.28. The molecule has 2 aliphatic rings. The fraction of sp³-hybridized carbons (Fsp3) is 0.933. The second-order valence-corrected chi connectivity index (χ2v) is 11.1. The van der Waals surface area contributed by atoms with Crippen LogP contribution in [-0.4, -0.2) is 23.2 Å². The van der Waals surface area contributed by atoms with Gasteiger partial charge in [-0.3, -0.25) is 10.1 Å². The molecular formula is C30H55NO4. The maximum atomic E-state index is 11.7. The lowest BCUT2D eigenvalue weighted by molar-refractivity contribution is -0.524. The minimum atomic E-state index is -0.439. The van der Waals surface area contributed by atoms with E-state index in [-0.39, 0.29) is 17.1 Å². The van der Waals surface area contributed by atoms with Crippen molar-refractivity contribution in [1.82, 2.24) is 0 Å². The Hall–Kier alpha value is -0.680. The largest absolute Gasteiger partial charge is 0.342 e. The van der Waals surface area contributed by atoms with E-state index in [9.17, 15) is 10.1 Å². The lowest BCUT2D eigenvalue weighted by Crippen LogP contribution is -2.25. The van der Waals surface area contributed by atoms with Crippen molar-refractivity contribution in [1.29, 1.82) is 0 Å². The minimum absolute atomic E-state index is 0.0562. The molecule has 0 aromatic rings. The van der Waals surface area contributed by atoms with Gasteiger partial charge in [-0.2, -0.15) is 0 Å². The second-order valence-electron chi connectivity index (χ2n) is 11.1. The summed E-state index contributed by atoms with van der Waals surface area (Å²) in [5.74, 6) is 0. The SMILES string of the molecule is [CH2]CCCCCCC(CCC[C]1OC2CCCCCCCCC(CCCCCCCC2)O1)[N+](=O)[O-]. The van der Waals surface area contributed by atoms with Crippen molar-refractivity contribution in [3.8, 4) is 0 Å². The number of ether oxygens (including phenoxy) is 2. The molecule has 0 spiro atoms. The van der Waals surface area contributed by atoms with E-state index >= 15 is 0 Å². The first-order valence-electron chi connectivity index (χ1n) is 15.3. The molecule has 1 unspecified atom stereocenters. The third kappa shape index (κ3) is 15.2. The Bertz CT molecular complexity index is 469. The summed E-state index contributed by atoms with van der Waals surface area (Å²) >= 11 is 0. The molecule has 2 bridgehead atoms. The number of fused-ring (bicyclic) bond motifs is 4. The van der Waals surface area contributed by atoms with Crippen molar-refractivity contribution < 1.29 is 14.4 Å². The predicted octanol–water partition coefficient (Wildman–Crippen LogP) is 9.51. The molecule has 204 valence electrons. The van der Waals surface area contributed by atoms with Crippen molar-refractivity contribution >= 4 is 0 Å². The van der Waals surface area contributed by atoms with Crippen molar-refractivity contribution in [2.24, 2.45) is 0 Å². The Morgan fingerprint density at radius 2 is 1.11 bits per heavy atom. The molecule has 2 aliphatic heterocycles. The number of hydrogen-bond acceptors (Lipinski definition) is 4. The zero-order chi connectivity index (χ0) is 25.0. The molecule has 2 fully saturated rings. The third-order valence-electron chi connectivity index (χ3n) is 7.95. The third-order valence-corrected chi connectivity index (χ3v) is 7.95. The Morgan fingerprint density at radius 1 is 0.686 bits per heavy atom. The van der Waals surface area contributed by atoms with E-state index in [0.29, 0.717) is 19.3 Å². The highest BCUT2D eigenvalue weighted by Crippen LogP contribution is 2.29. The highest BCUT2D eigenvalue weighted by Gasteiger charge is 2.26. The molecule has 1 atom stereocenters. The van der Waals surface area contributed by atoms with Gasteiger partial charge in [-0.15, -0.1) is 0 Å². The highest BCUT2D eigenvalue weighted by molar-refractivity contribution is 4.76. The van der Waals surface area contributed by atoms with Crippen LogP contribution in [0.5, 0.6) is 0 Å². The van der Waals surface area contributed by atoms with Crippen molar-refractivity contribution in [3.63, 3.8) is 0 Å². The maximum Gasteiger partial charge on any atom is 0.224 e. The number of hydrogen-bond donors (Lipinski definition) is 0. The normalized spacial score (nSPS) is 25.4. The first kappa shape index (κ1) is 30.5. The van der Waals surface area contributed by atoms with Crippen LogP contribution in [0.1, 0.15) is 161 Å². The summed E-state index contributed by atoms with van der Waals surface area (Å²) in [5, 5.41) is 11.7. The molecule has 0 aromatic carbocycles. The Balaban J connectivity index is 1.95. The molecule has 0 N–H and O–H groups in total. The average molecular weight is 494 g/mol. The van der Waals surface area contributed by atoms with Gasteiger partial charge in [0.2, 0.25) is 12.3 Å². The number of unbranched alkanes of at least 4 members (excludes halogenated alkanes) is 4. The molecule has 0 amide bonds. The molecule has 2 heterocycles. The van der Waals surface area contributed by atoms with Gasteiger partial charge >= 0.3 is 0 Å². The van der Waals surface area contributed by atoms with Gasteiger partial charge in [0.25, 0.3) is 0 Å². The van der Waals surface area contributed by atoms with E-state index in [1.807, 2.05) is 0 Å². The topological polar surface area (TPSA) is 61.6 Å². The summed E-state index contributed by atoms with van der Waals surface area (Å²) in [6.45, 7) is 3.88. The summed E-state index contributed by atoms with van der Waals surface area (Å²) in [7, 11) is 0. The molecular weight excluding hydrogens is 438 g/mol. The van der Waals surface area contributed by atoms with Gasteiger partial charge in [0.05, 0.1) is 12.2 Å². The van der Waals surface area contributed by atoms with E-state index in [1.54, 1.807) is 0 Å². The van der Waals surface area contributed by atoms with Crippen LogP contribution in [-0.2, 0) is 9.47 Å². The number of nitrogens with zero attached hydrogens (tertiary/aromatic N) is 1. The molecule has 0 saturated carbocycles. The zero-order valence-corrected chi connectivity index (χ0v) is 22.7. The summed E-state index contributed by atoms with van der Waals surface area (Å²) in [5.41, 5.74) is 0. The van der Waals surface area contributed by atoms with Crippen LogP contribution < -0.4 is 0 Å². The van der Waals surface area contributed by atoms with E-state index in [1.165, 1.54) is 77.0 Å². The maximum absolute atomic E-state index is 11.7. The Labute approximate surface area is 216 Å². The Kier molecular flexibility index (Phi) is 17.8. The van der Waals surface area contributed by atoms with Crippen LogP contribution in [0, 0.1) is 23.3 Å². The average Bonchev–Trinajstić information content (AvgIpc) is 2.87. The van der Waals surface area contributed by atoms with E-state index in [2.05, 4.69) is 6.92 Å². The zero-order valence-electron chi connectivity index (χ0n) is 22.7. The summed E-state index contributed by atoms with van der Waals surface area (Å²) in [4.78, 5) is 11.6. The molecule has 5 nitrogen and oxygen atoms in total. The lowest BCUT2D eigenvalue weighted by atomic mass is 9.99. The predicted molar refractivity (Wildman–Crippen MR) is 145 cm³/mol. The van der Waals surface area contributed by atoms with Crippen LogP contribution in [0.2, 0.25) is 0 Å². The Morgan fingerprint density at radius 3 is 1.57 bits per heavy atom. The van der Waals surface area contributed by atoms with Crippen LogP contribution in [0.3, 0.4) is 0 Å². The summed E-state index contributed by atoms with van der Waals surface area (Å²) < 4.78 is 13.2. The van der Waals surface area contributed by atoms with Crippen LogP contribution in [0.4, 0.5) is 0 Å². The van der Waals surface area contributed by atoms with Crippen molar-refractivity contribution in [2.45, 2.75) is 179 Å². The van der Waals surface area contributed by atoms with Gasteiger partial charge in [0.15, 0.2) is 0 Å². The van der Waals surface area contributed by atoms with Gasteiger partial charge in [-0.25, -0.2) is 0 Å². The van der Waals surface area contributed by atoms with Gasteiger partial charge in [0, 0.05) is 24.2 Å². The molecule has 5 heteroatoms.